The van der Waals surface area contributed by atoms with Gasteiger partial charge in [0.2, 0.25) is 11.8 Å². The molecule has 0 radical (unpaired) electrons. The standard InChI is InChI=1S/C15H16N4O7/c1-8-16-4-9(14(23)18-8)6-25-12(21)2-3-13(22)26-7-10-15(24)17-5-11(20)19-10/h2-4,10,16H,1,5-7H2,(H,17,24)(H,18,23)(H,19,20)/b3-2+/t10-/m0/s1. The molecule has 2 rings (SSSR count). The summed E-state index contributed by atoms with van der Waals surface area (Å²) < 4.78 is 9.58. The second kappa shape index (κ2) is 8.46. The zero-order valence-corrected chi connectivity index (χ0v) is 13.5. The van der Waals surface area contributed by atoms with Crippen LogP contribution in [0.5, 0.6) is 0 Å². The van der Waals surface area contributed by atoms with Gasteiger partial charge in [0.15, 0.2) is 0 Å². The molecule has 3 amide bonds. The van der Waals surface area contributed by atoms with Gasteiger partial charge in [-0.1, -0.05) is 6.58 Å². The lowest BCUT2D eigenvalue weighted by molar-refractivity contribution is -0.144. The maximum absolute atomic E-state index is 11.5. The molecule has 0 spiro atoms. The Morgan fingerprint density at radius 3 is 2.58 bits per heavy atom. The summed E-state index contributed by atoms with van der Waals surface area (Å²) in [5.74, 6) is -2.81. The van der Waals surface area contributed by atoms with Crippen LogP contribution in [0.25, 0.3) is 0 Å². The summed E-state index contributed by atoms with van der Waals surface area (Å²) in [7, 11) is 0. The van der Waals surface area contributed by atoms with E-state index in [0.29, 0.717) is 5.82 Å². The Balaban J connectivity index is 1.72. The van der Waals surface area contributed by atoms with E-state index < -0.39 is 35.7 Å². The molecule has 0 unspecified atom stereocenters. The number of rotatable bonds is 6. The Kier molecular flexibility index (Phi) is 6.09. The van der Waals surface area contributed by atoms with Gasteiger partial charge >= 0.3 is 11.9 Å². The van der Waals surface area contributed by atoms with Gasteiger partial charge in [0.25, 0.3) is 5.91 Å². The molecule has 0 aromatic carbocycles. The summed E-state index contributed by atoms with van der Waals surface area (Å²) in [6.07, 6.45) is 2.96. The lowest BCUT2D eigenvalue weighted by Gasteiger charge is -2.22. The number of hydrogen-bond acceptors (Lipinski definition) is 8. The first-order valence-electron chi connectivity index (χ1n) is 7.39. The van der Waals surface area contributed by atoms with Crippen LogP contribution in [-0.2, 0) is 33.4 Å². The molecule has 26 heavy (non-hydrogen) atoms. The minimum Gasteiger partial charge on any atom is -0.460 e. The van der Waals surface area contributed by atoms with Gasteiger partial charge in [-0.2, -0.15) is 0 Å². The van der Waals surface area contributed by atoms with Gasteiger partial charge in [0.1, 0.15) is 25.1 Å². The molecule has 11 heteroatoms. The van der Waals surface area contributed by atoms with Crippen molar-refractivity contribution in [1.82, 2.24) is 21.3 Å². The molecule has 11 nitrogen and oxygen atoms in total. The highest BCUT2D eigenvalue weighted by Gasteiger charge is 2.26. The Morgan fingerprint density at radius 1 is 1.19 bits per heavy atom. The number of nitrogens with one attached hydrogen (secondary N) is 4. The Bertz CT molecular complexity index is 726. The molecule has 1 atom stereocenters. The zero-order valence-electron chi connectivity index (χ0n) is 13.5. The number of esters is 2. The molecule has 0 saturated carbocycles. The van der Waals surface area contributed by atoms with Crippen LogP contribution in [-0.4, -0.2) is 55.5 Å². The highest BCUT2D eigenvalue weighted by Crippen LogP contribution is 2.02. The molecule has 1 fully saturated rings. The second-order valence-corrected chi connectivity index (χ2v) is 5.16. The van der Waals surface area contributed by atoms with Crippen LogP contribution in [0.1, 0.15) is 0 Å². The van der Waals surface area contributed by atoms with Crippen LogP contribution < -0.4 is 21.3 Å². The van der Waals surface area contributed by atoms with Crippen LogP contribution >= 0.6 is 0 Å². The van der Waals surface area contributed by atoms with Gasteiger partial charge in [-0.15, -0.1) is 0 Å². The normalized spacial score (nSPS) is 19.7. The van der Waals surface area contributed by atoms with E-state index in [1.54, 1.807) is 0 Å². The van der Waals surface area contributed by atoms with E-state index in [0.717, 1.165) is 12.2 Å². The van der Waals surface area contributed by atoms with Crippen molar-refractivity contribution >= 4 is 29.7 Å². The van der Waals surface area contributed by atoms with Crippen molar-refractivity contribution in [2.75, 3.05) is 19.8 Å². The number of carbonyl (C=O) groups is 5. The third-order valence-electron chi connectivity index (χ3n) is 3.17. The summed E-state index contributed by atoms with van der Waals surface area (Å²) in [5.41, 5.74) is 0.167. The van der Waals surface area contributed by atoms with Crippen molar-refractivity contribution in [3.8, 4) is 0 Å². The lowest BCUT2D eigenvalue weighted by atomic mass is 10.2. The SMILES string of the molecule is C=C1NC=C(COC(=O)/C=C/C(=O)OC[C@@H]2NC(=O)CNC2=O)C(=O)N1. The molecule has 4 N–H and O–H groups in total. The van der Waals surface area contributed by atoms with Crippen molar-refractivity contribution in [3.05, 3.63) is 36.3 Å². The van der Waals surface area contributed by atoms with E-state index in [-0.39, 0.29) is 25.3 Å². The summed E-state index contributed by atoms with van der Waals surface area (Å²) in [6.45, 7) is 2.68. The lowest BCUT2D eigenvalue weighted by Crippen LogP contribution is -2.58. The number of amides is 3. The van der Waals surface area contributed by atoms with E-state index in [1.165, 1.54) is 6.20 Å². The summed E-state index contributed by atoms with van der Waals surface area (Å²) in [6, 6.07) is -0.987. The third-order valence-corrected chi connectivity index (χ3v) is 3.17. The Morgan fingerprint density at radius 2 is 1.88 bits per heavy atom. The summed E-state index contributed by atoms with van der Waals surface area (Å²) in [5, 5.41) is 9.73. The molecule has 0 bridgehead atoms. The van der Waals surface area contributed by atoms with Crippen molar-refractivity contribution in [2.24, 2.45) is 0 Å². The largest absolute Gasteiger partial charge is 0.460 e. The van der Waals surface area contributed by atoms with Crippen LogP contribution in [0, 0.1) is 0 Å². The second-order valence-electron chi connectivity index (χ2n) is 5.16. The maximum Gasteiger partial charge on any atom is 0.331 e. The van der Waals surface area contributed by atoms with Gasteiger partial charge in [-0.25, -0.2) is 9.59 Å². The summed E-state index contributed by atoms with van der Waals surface area (Å²) >= 11 is 0. The van der Waals surface area contributed by atoms with Gasteiger partial charge in [0, 0.05) is 18.4 Å². The minimum atomic E-state index is -0.987. The average molecular weight is 364 g/mol. The highest BCUT2D eigenvalue weighted by molar-refractivity contribution is 5.97. The minimum absolute atomic E-state index is 0.132. The molecule has 138 valence electrons. The Labute approximate surface area is 147 Å². The first-order chi connectivity index (χ1) is 12.3. The first-order valence-corrected chi connectivity index (χ1v) is 7.39. The fourth-order valence-corrected chi connectivity index (χ4v) is 1.87. The fourth-order valence-electron chi connectivity index (χ4n) is 1.87. The van der Waals surface area contributed by atoms with Crippen LogP contribution in [0.4, 0.5) is 0 Å². The van der Waals surface area contributed by atoms with Crippen LogP contribution in [0.3, 0.4) is 0 Å². The van der Waals surface area contributed by atoms with Crippen molar-refractivity contribution in [1.29, 1.82) is 0 Å². The number of ether oxygens (including phenoxy) is 2. The van der Waals surface area contributed by atoms with E-state index >= 15 is 0 Å². The quantitative estimate of drug-likeness (QED) is 0.294. The van der Waals surface area contributed by atoms with Crippen LogP contribution in [0.2, 0.25) is 0 Å². The summed E-state index contributed by atoms with van der Waals surface area (Å²) in [4.78, 5) is 57.2. The predicted molar refractivity (Wildman–Crippen MR) is 84.5 cm³/mol. The monoisotopic (exact) mass is 364 g/mol. The number of piperazine rings is 1. The first kappa shape index (κ1) is 18.7. The molecule has 0 aromatic heterocycles. The van der Waals surface area contributed by atoms with Gasteiger partial charge < -0.3 is 30.7 Å². The van der Waals surface area contributed by atoms with Gasteiger partial charge in [-0.05, 0) is 0 Å². The molecule has 2 aliphatic heterocycles. The van der Waals surface area contributed by atoms with E-state index in [1.807, 2.05) is 0 Å². The maximum atomic E-state index is 11.5. The van der Waals surface area contributed by atoms with Crippen molar-refractivity contribution in [2.45, 2.75) is 6.04 Å². The van der Waals surface area contributed by atoms with Crippen molar-refractivity contribution < 1.29 is 33.4 Å². The molecular weight excluding hydrogens is 348 g/mol. The number of hydrogen-bond donors (Lipinski definition) is 4. The predicted octanol–water partition coefficient (Wildman–Crippen LogP) is -2.68. The van der Waals surface area contributed by atoms with E-state index in [9.17, 15) is 24.0 Å². The van der Waals surface area contributed by atoms with E-state index in [2.05, 4.69) is 27.8 Å². The zero-order chi connectivity index (χ0) is 19.1. The molecule has 0 aliphatic carbocycles. The molecule has 1 saturated heterocycles. The average Bonchev–Trinajstić information content (AvgIpc) is 2.60. The molecule has 0 aromatic rings. The fraction of sp³-hybridized carbons (Fsp3) is 0.267. The third kappa shape index (κ3) is 5.47. The van der Waals surface area contributed by atoms with Crippen LogP contribution in [0.15, 0.2) is 36.3 Å². The molecule has 2 aliphatic rings. The van der Waals surface area contributed by atoms with E-state index in [4.69, 9.17) is 9.47 Å². The smallest absolute Gasteiger partial charge is 0.331 e. The van der Waals surface area contributed by atoms with Gasteiger partial charge in [-0.3, -0.25) is 14.4 Å². The number of carbonyl (C=O) groups excluding carboxylic acids is 5. The highest BCUT2D eigenvalue weighted by atomic mass is 16.5. The van der Waals surface area contributed by atoms with Crippen molar-refractivity contribution in [3.63, 3.8) is 0 Å². The Hall–Kier alpha value is -3.63. The molecular formula is C15H16N4O7. The molecule has 2 heterocycles. The van der Waals surface area contributed by atoms with Gasteiger partial charge in [0.05, 0.1) is 12.1 Å². The topological polar surface area (TPSA) is 152 Å².